The Balaban J connectivity index is 2.02. The van der Waals surface area contributed by atoms with Crippen molar-refractivity contribution in [3.63, 3.8) is 0 Å². The van der Waals surface area contributed by atoms with Crippen LogP contribution in [-0.2, 0) is 10.1 Å². The molecule has 0 saturated carbocycles. The van der Waals surface area contributed by atoms with Crippen LogP contribution in [0.1, 0.15) is 25.3 Å². The zero-order chi connectivity index (χ0) is 14.9. The van der Waals surface area contributed by atoms with Crippen LogP contribution in [0.3, 0.4) is 0 Å². The third kappa shape index (κ3) is 2.92. The molecule has 0 aliphatic carbocycles. The number of halogens is 1. The van der Waals surface area contributed by atoms with Crippen LogP contribution in [0.4, 0.5) is 5.82 Å². The monoisotopic (exact) mass is 348 g/mol. The Morgan fingerprint density at radius 1 is 1.38 bits per heavy atom. The number of methoxy groups -OCH3 is 1. The standard InChI is InChI=1S/C17H21BrN2O/c1-17(21-2)8-5-9-20(12-17)16-14(11-18)10-13-6-3-4-7-15(13)19-16/h3-4,6-7,10H,5,8-9,11-12H2,1-2H3. The molecule has 1 aliphatic rings. The zero-order valence-corrected chi connectivity index (χ0v) is 14.2. The second-order valence-corrected chi connectivity index (χ2v) is 6.54. The van der Waals surface area contributed by atoms with Gasteiger partial charge in [-0.3, -0.25) is 0 Å². The summed E-state index contributed by atoms with van der Waals surface area (Å²) in [7, 11) is 1.81. The molecule has 4 heteroatoms. The number of aromatic nitrogens is 1. The van der Waals surface area contributed by atoms with E-state index >= 15 is 0 Å². The molecule has 0 bridgehead atoms. The quantitative estimate of drug-likeness (QED) is 0.779. The first kappa shape index (κ1) is 14.8. The molecule has 2 heterocycles. The highest BCUT2D eigenvalue weighted by Gasteiger charge is 2.32. The molecule has 3 rings (SSSR count). The number of fused-ring (bicyclic) bond motifs is 1. The van der Waals surface area contributed by atoms with Gasteiger partial charge < -0.3 is 9.64 Å². The van der Waals surface area contributed by atoms with Crippen molar-refractivity contribution in [1.82, 2.24) is 4.98 Å². The third-order valence-electron chi connectivity index (χ3n) is 4.38. The maximum absolute atomic E-state index is 5.71. The maximum atomic E-state index is 5.71. The van der Waals surface area contributed by atoms with Gasteiger partial charge in [0.2, 0.25) is 0 Å². The number of para-hydroxylation sites is 1. The molecule has 1 aromatic carbocycles. The first-order valence-electron chi connectivity index (χ1n) is 7.40. The number of alkyl halides is 1. The lowest BCUT2D eigenvalue weighted by Gasteiger charge is -2.40. The van der Waals surface area contributed by atoms with Crippen LogP contribution in [0, 0.1) is 0 Å². The van der Waals surface area contributed by atoms with E-state index in [2.05, 4.69) is 52.0 Å². The Hall–Kier alpha value is -1.13. The Morgan fingerprint density at radius 3 is 2.95 bits per heavy atom. The normalized spacial score (nSPS) is 22.7. The van der Waals surface area contributed by atoms with Gasteiger partial charge >= 0.3 is 0 Å². The van der Waals surface area contributed by atoms with E-state index in [0.717, 1.165) is 42.6 Å². The van der Waals surface area contributed by atoms with Gasteiger partial charge in [0, 0.05) is 36.5 Å². The molecule has 21 heavy (non-hydrogen) atoms. The minimum Gasteiger partial charge on any atom is -0.377 e. The smallest absolute Gasteiger partial charge is 0.133 e. The molecule has 3 nitrogen and oxygen atoms in total. The van der Waals surface area contributed by atoms with Crippen molar-refractivity contribution in [3.05, 3.63) is 35.9 Å². The Bertz CT molecular complexity index is 646. The number of benzene rings is 1. The molecule has 1 saturated heterocycles. The molecule has 1 atom stereocenters. The lowest BCUT2D eigenvalue weighted by Crippen LogP contribution is -2.48. The summed E-state index contributed by atoms with van der Waals surface area (Å²) in [6.07, 6.45) is 2.25. The molecule has 112 valence electrons. The topological polar surface area (TPSA) is 25.4 Å². The average Bonchev–Trinajstić information content (AvgIpc) is 2.53. The van der Waals surface area contributed by atoms with Crippen LogP contribution in [0.2, 0.25) is 0 Å². The molecule has 0 radical (unpaired) electrons. The number of rotatable bonds is 3. The number of hydrogen-bond acceptors (Lipinski definition) is 3. The number of pyridine rings is 1. The largest absolute Gasteiger partial charge is 0.377 e. The van der Waals surface area contributed by atoms with Crippen molar-refractivity contribution < 1.29 is 4.74 Å². The number of hydrogen-bond donors (Lipinski definition) is 0. The van der Waals surface area contributed by atoms with Crippen LogP contribution in [0.15, 0.2) is 30.3 Å². The predicted molar refractivity (Wildman–Crippen MR) is 91.2 cm³/mol. The Morgan fingerprint density at radius 2 is 2.19 bits per heavy atom. The van der Waals surface area contributed by atoms with E-state index in [4.69, 9.17) is 9.72 Å². The minimum absolute atomic E-state index is 0.0742. The average molecular weight is 349 g/mol. The van der Waals surface area contributed by atoms with Gasteiger partial charge in [-0.15, -0.1) is 0 Å². The van der Waals surface area contributed by atoms with E-state index in [0.29, 0.717) is 0 Å². The SMILES string of the molecule is COC1(C)CCCN(c2nc3ccccc3cc2CBr)C1. The van der Waals surface area contributed by atoms with Crippen molar-refractivity contribution in [1.29, 1.82) is 0 Å². The van der Waals surface area contributed by atoms with Gasteiger partial charge in [0.25, 0.3) is 0 Å². The molecule has 0 amide bonds. The van der Waals surface area contributed by atoms with E-state index in [1.807, 2.05) is 13.2 Å². The molecule has 1 unspecified atom stereocenters. The second-order valence-electron chi connectivity index (χ2n) is 5.98. The summed E-state index contributed by atoms with van der Waals surface area (Å²) in [6, 6.07) is 10.5. The summed E-state index contributed by atoms with van der Waals surface area (Å²) < 4.78 is 5.71. The van der Waals surface area contributed by atoms with E-state index < -0.39 is 0 Å². The van der Waals surface area contributed by atoms with Crippen molar-refractivity contribution in [2.24, 2.45) is 0 Å². The van der Waals surface area contributed by atoms with Crippen LogP contribution in [-0.4, -0.2) is 30.8 Å². The van der Waals surface area contributed by atoms with Gasteiger partial charge in [0.1, 0.15) is 5.82 Å². The first-order chi connectivity index (χ1) is 10.1. The number of ether oxygens (including phenoxy) is 1. The van der Waals surface area contributed by atoms with Gasteiger partial charge in [0.15, 0.2) is 0 Å². The molecule has 2 aromatic rings. The molecule has 0 spiro atoms. The fourth-order valence-corrected chi connectivity index (χ4v) is 3.49. The molecule has 1 fully saturated rings. The van der Waals surface area contributed by atoms with Crippen LogP contribution in [0.5, 0.6) is 0 Å². The van der Waals surface area contributed by atoms with E-state index in [1.165, 1.54) is 10.9 Å². The lowest BCUT2D eigenvalue weighted by atomic mass is 9.94. The van der Waals surface area contributed by atoms with Gasteiger partial charge in [-0.1, -0.05) is 34.1 Å². The van der Waals surface area contributed by atoms with Crippen molar-refractivity contribution >= 4 is 32.7 Å². The van der Waals surface area contributed by atoms with E-state index in [9.17, 15) is 0 Å². The van der Waals surface area contributed by atoms with Gasteiger partial charge in [-0.2, -0.15) is 0 Å². The summed E-state index contributed by atoms with van der Waals surface area (Å²) in [5, 5.41) is 2.02. The van der Waals surface area contributed by atoms with Gasteiger partial charge in [-0.05, 0) is 31.9 Å². The number of anilines is 1. The molecule has 1 aromatic heterocycles. The highest BCUT2D eigenvalue weighted by molar-refractivity contribution is 9.08. The van der Waals surface area contributed by atoms with Crippen LogP contribution >= 0.6 is 15.9 Å². The van der Waals surface area contributed by atoms with Gasteiger partial charge in [0.05, 0.1) is 11.1 Å². The van der Waals surface area contributed by atoms with Crippen molar-refractivity contribution in [2.45, 2.75) is 30.7 Å². The number of piperidine rings is 1. The van der Waals surface area contributed by atoms with Crippen molar-refractivity contribution in [2.75, 3.05) is 25.1 Å². The van der Waals surface area contributed by atoms with Gasteiger partial charge in [-0.25, -0.2) is 4.98 Å². The highest BCUT2D eigenvalue weighted by atomic mass is 79.9. The fraction of sp³-hybridized carbons (Fsp3) is 0.471. The molecule has 0 N–H and O–H groups in total. The highest BCUT2D eigenvalue weighted by Crippen LogP contribution is 2.31. The zero-order valence-electron chi connectivity index (χ0n) is 12.6. The van der Waals surface area contributed by atoms with Crippen molar-refractivity contribution in [3.8, 4) is 0 Å². The lowest BCUT2D eigenvalue weighted by molar-refractivity contribution is -0.00482. The minimum atomic E-state index is -0.0742. The molecular weight excluding hydrogens is 328 g/mol. The number of nitrogens with zero attached hydrogens (tertiary/aromatic N) is 2. The summed E-state index contributed by atoms with van der Waals surface area (Å²) in [5.41, 5.74) is 2.23. The first-order valence-corrected chi connectivity index (χ1v) is 8.52. The Labute approximate surface area is 134 Å². The summed E-state index contributed by atoms with van der Waals surface area (Å²) >= 11 is 3.61. The molecular formula is C17H21BrN2O. The summed E-state index contributed by atoms with van der Waals surface area (Å²) in [4.78, 5) is 7.28. The summed E-state index contributed by atoms with van der Waals surface area (Å²) in [6.45, 7) is 4.13. The summed E-state index contributed by atoms with van der Waals surface area (Å²) in [5.74, 6) is 1.09. The van der Waals surface area contributed by atoms with E-state index in [-0.39, 0.29) is 5.60 Å². The maximum Gasteiger partial charge on any atom is 0.133 e. The third-order valence-corrected chi connectivity index (χ3v) is 4.98. The molecule has 1 aliphatic heterocycles. The van der Waals surface area contributed by atoms with Crippen LogP contribution in [0.25, 0.3) is 10.9 Å². The van der Waals surface area contributed by atoms with E-state index in [1.54, 1.807) is 0 Å². The predicted octanol–water partition coefficient (Wildman–Crippen LogP) is 4.14. The van der Waals surface area contributed by atoms with Crippen LogP contribution < -0.4 is 4.90 Å². The fourth-order valence-electron chi connectivity index (χ4n) is 3.07. The Kier molecular flexibility index (Phi) is 4.18. The second kappa shape index (κ2) is 5.93.